The quantitative estimate of drug-likeness (QED) is 0.905. The van der Waals surface area contributed by atoms with Crippen LogP contribution in [-0.2, 0) is 0 Å². The molecule has 118 valence electrons. The van der Waals surface area contributed by atoms with Crippen LogP contribution in [0.1, 0.15) is 31.4 Å². The second kappa shape index (κ2) is 7.28. The summed E-state index contributed by atoms with van der Waals surface area (Å²) in [6, 6.07) is 6.12. The number of hydrogen-bond acceptors (Lipinski definition) is 3. The number of para-hydroxylation sites is 1. The lowest BCUT2D eigenvalue weighted by Gasteiger charge is -2.36. The highest BCUT2D eigenvalue weighted by atomic mass is 16.5. The molecule has 3 nitrogen and oxygen atoms in total. The molecule has 0 aliphatic carbocycles. The fourth-order valence-corrected chi connectivity index (χ4v) is 3.50. The zero-order valence-electron chi connectivity index (χ0n) is 13.8. The van der Waals surface area contributed by atoms with Crippen LogP contribution in [0.2, 0.25) is 0 Å². The number of aliphatic hydroxyl groups excluding tert-OH is 1. The third-order valence-corrected chi connectivity index (χ3v) is 4.24. The molecule has 2 rings (SSSR count). The Morgan fingerprint density at radius 1 is 1.19 bits per heavy atom. The molecule has 1 fully saturated rings. The summed E-state index contributed by atoms with van der Waals surface area (Å²) >= 11 is 0. The molecular weight excluding hydrogens is 262 g/mol. The molecule has 0 unspecified atom stereocenters. The number of rotatable bonds is 5. The van der Waals surface area contributed by atoms with Gasteiger partial charge in [-0.1, -0.05) is 32.0 Å². The minimum absolute atomic E-state index is 0.366. The van der Waals surface area contributed by atoms with E-state index >= 15 is 0 Å². The first-order chi connectivity index (χ1) is 9.95. The molecule has 0 radical (unpaired) electrons. The van der Waals surface area contributed by atoms with Crippen LogP contribution < -0.4 is 4.74 Å². The van der Waals surface area contributed by atoms with Crippen molar-refractivity contribution in [1.82, 2.24) is 4.90 Å². The summed E-state index contributed by atoms with van der Waals surface area (Å²) in [6.45, 7) is 11.9. The first-order valence-corrected chi connectivity index (χ1v) is 8.05. The lowest BCUT2D eigenvalue weighted by Crippen LogP contribution is -2.44. The molecule has 0 aromatic heterocycles. The molecule has 1 aromatic carbocycles. The fourth-order valence-electron chi connectivity index (χ4n) is 3.50. The molecule has 1 aliphatic rings. The predicted molar refractivity (Wildman–Crippen MR) is 86.8 cm³/mol. The van der Waals surface area contributed by atoms with Gasteiger partial charge >= 0.3 is 0 Å². The van der Waals surface area contributed by atoms with E-state index in [9.17, 15) is 5.11 Å². The standard InChI is InChI=1S/C18H29NO2/c1-13-8-14(2)10-19(9-13)11-17(20)12-21-18-15(3)6-5-7-16(18)4/h5-7,13-14,17,20H,8-12H2,1-4H3/t13-,14-,17-/m1/s1. The average Bonchev–Trinajstić information content (AvgIpc) is 2.36. The van der Waals surface area contributed by atoms with E-state index in [2.05, 4.69) is 18.7 Å². The fraction of sp³-hybridized carbons (Fsp3) is 0.667. The maximum atomic E-state index is 10.3. The number of likely N-dealkylation sites (tertiary alicyclic amines) is 1. The number of hydrogen-bond donors (Lipinski definition) is 1. The smallest absolute Gasteiger partial charge is 0.125 e. The summed E-state index contributed by atoms with van der Waals surface area (Å²) in [4.78, 5) is 2.37. The molecule has 0 amide bonds. The Morgan fingerprint density at radius 3 is 2.33 bits per heavy atom. The summed E-state index contributed by atoms with van der Waals surface area (Å²) in [5, 5.41) is 10.3. The molecule has 0 spiro atoms. The van der Waals surface area contributed by atoms with Gasteiger partial charge in [0, 0.05) is 19.6 Å². The van der Waals surface area contributed by atoms with Gasteiger partial charge in [0.25, 0.3) is 0 Å². The molecule has 3 heteroatoms. The number of piperidine rings is 1. The van der Waals surface area contributed by atoms with E-state index in [-0.39, 0.29) is 0 Å². The van der Waals surface area contributed by atoms with E-state index in [0.717, 1.165) is 41.8 Å². The van der Waals surface area contributed by atoms with Gasteiger partial charge in [0.2, 0.25) is 0 Å². The highest BCUT2D eigenvalue weighted by Crippen LogP contribution is 2.23. The second-order valence-corrected chi connectivity index (χ2v) is 6.85. The van der Waals surface area contributed by atoms with Crippen molar-refractivity contribution in [1.29, 1.82) is 0 Å². The molecule has 0 saturated carbocycles. The van der Waals surface area contributed by atoms with E-state index in [4.69, 9.17) is 4.74 Å². The number of β-amino-alcohol motifs (C(OH)–C–C–N with tert-alkyl or cyclic N) is 1. The maximum absolute atomic E-state index is 10.3. The van der Waals surface area contributed by atoms with Crippen molar-refractivity contribution in [3.63, 3.8) is 0 Å². The van der Waals surface area contributed by atoms with E-state index < -0.39 is 6.10 Å². The first-order valence-electron chi connectivity index (χ1n) is 8.05. The maximum Gasteiger partial charge on any atom is 0.125 e. The first kappa shape index (κ1) is 16.3. The second-order valence-electron chi connectivity index (χ2n) is 6.85. The topological polar surface area (TPSA) is 32.7 Å². The number of ether oxygens (including phenoxy) is 1. The Morgan fingerprint density at radius 2 is 1.76 bits per heavy atom. The molecule has 1 N–H and O–H groups in total. The van der Waals surface area contributed by atoms with Crippen molar-refractivity contribution in [3.8, 4) is 5.75 Å². The van der Waals surface area contributed by atoms with Crippen molar-refractivity contribution in [3.05, 3.63) is 29.3 Å². The molecule has 1 aliphatic heterocycles. The number of benzene rings is 1. The van der Waals surface area contributed by atoms with Crippen LogP contribution >= 0.6 is 0 Å². The largest absolute Gasteiger partial charge is 0.490 e. The van der Waals surface area contributed by atoms with E-state index in [1.54, 1.807) is 0 Å². The van der Waals surface area contributed by atoms with Gasteiger partial charge in [0.1, 0.15) is 18.5 Å². The van der Waals surface area contributed by atoms with Crippen LogP contribution in [0.15, 0.2) is 18.2 Å². The van der Waals surface area contributed by atoms with Crippen LogP contribution in [0.4, 0.5) is 0 Å². The van der Waals surface area contributed by atoms with Crippen LogP contribution in [0.5, 0.6) is 5.75 Å². The lowest BCUT2D eigenvalue weighted by atomic mass is 9.92. The summed E-state index contributed by atoms with van der Waals surface area (Å²) in [7, 11) is 0. The molecule has 1 saturated heterocycles. The molecule has 1 heterocycles. The van der Waals surface area contributed by atoms with Gasteiger partial charge in [-0.3, -0.25) is 0 Å². The van der Waals surface area contributed by atoms with Crippen LogP contribution in [0.3, 0.4) is 0 Å². The van der Waals surface area contributed by atoms with Gasteiger partial charge < -0.3 is 14.7 Å². The summed E-state index contributed by atoms with van der Waals surface area (Å²) < 4.78 is 5.85. The van der Waals surface area contributed by atoms with Gasteiger partial charge in [0.05, 0.1) is 0 Å². The summed E-state index contributed by atoms with van der Waals surface area (Å²) in [6.07, 6.45) is 0.868. The van der Waals surface area contributed by atoms with Crippen molar-refractivity contribution in [2.75, 3.05) is 26.2 Å². The normalized spacial score (nSPS) is 24.8. The van der Waals surface area contributed by atoms with Gasteiger partial charge in [-0.25, -0.2) is 0 Å². The Hall–Kier alpha value is -1.06. The van der Waals surface area contributed by atoms with Crippen LogP contribution in [0.25, 0.3) is 0 Å². The molecule has 21 heavy (non-hydrogen) atoms. The van der Waals surface area contributed by atoms with Gasteiger partial charge in [0.15, 0.2) is 0 Å². The molecule has 3 atom stereocenters. The van der Waals surface area contributed by atoms with Crippen LogP contribution in [0, 0.1) is 25.7 Å². The zero-order valence-corrected chi connectivity index (χ0v) is 13.8. The SMILES string of the molecule is Cc1cccc(C)c1OC[C@H](O)CN1C[C@H](C)C[C@@H](C)C1. The van der Waals surface area contributed by atoms with Crippen molar-refractivity contribution >= 4 is 0 Å². The monoisotopic (exact) mass is 291 g/mol. The lowest BCUT2D eigenvalue weighted by molar-refractivity contribution is 0.0426. The Balaban J connectivity index is 1.83. The minimum Gasteiger partial charge on any atom is -0.490 e. The van der Waals surface area contributed by atoms with Crippen LogP contribution in [-0.4, -0.2) is 42.4 Å². The Kier molecular flexibility index (Phi) is 5.65. The summed E-state index contributed by atoms with van der Waals surface area (Å²) in [5.74, 6) is 2.36. The Bertz CT molecular complexity index is 430. The van der Waals surface area contributed by atoms with Crippen molar-refractivity contribution in [2.45, 2.75) is 40.2 Å². The highest BCUT2D eigenvalue weighted by molar-refractivity contribution is 5.39. The zero-order chi connectivity index (χ0) is 15.4. The summed E-state index contributed by atoms with van der Waals surface area (Å²) in [5.41, 5.74) is 2.25. The predicted octanol–water partition coefficient (Wildman–Crippen LogP) is 3.02. The third-order valence-electron chi connectivity index (χ3n) is 4.24. The Labute approximate surface area is 128 Å². The van der Waals surface area contributed by atoms with Crippen molar-refractivity contribution in [2.24, 2.45) is 11.8 Å². The van der Waals surface area contributed by atoms with Crippen molar-refractivity contribution < 1.29 is 9.84 Å². The minimum atomic E-state index is -0.429. The number of aliphatic hydroxyl groups is 1. The highest BCUT2D eigenvalue weighted by Gasteiger charge is 2.23. The van der Waals surface area contributed by atoms with E-state index in [0.29, 0.717) is 13.2 Å². The number of nitrogens with zero attached hydrogens (tertiary/aromatic N) is 1. The third kappa shape index (κ3) is 4.72. The molecular formula is C18H29NO2. The molecule has 1 aromatic rings. The van der Waals surface area contributed by atoms with Gasteiger partial charge in [-0.15, -0.1) is 0 Å². The van der Waals surface area contributed by atoms with Gasteiger partial charge in [-0.2, -0.15) is 0 Å². The van der Waals surface area contributed by atoms with Gasteiger partial charge in [-0.05, 0) is 43.2 Å². The average molecular weight is 291 g/mol. The van der Waals surface area contributed by atoms with E-state index in [1.807, 2.05) is 32.0 Å². The molecule has 0 bridgehead atoms. The number of aryl methyl sites for hydroxylation is 2. The van der Waals surface area contributed by atoms with E-state index in [1.165, 1.54) is 6.42 Å².